The van der Waals surface area contributed by atoms with Crippen molar-refractivity contribution < 1.29 is 22.0 Å². The largest absolute Gasteiger partial charge is 0.419 e. The van der Waals surface area contributed by atoms with Gasteiger partial charge in [-0.1, -0.05) is 6.07 Å². The second-order valence-corrected chi connectivity index (χ2v) is 3.57. The monoisotopic (exact) mass is 280 g/mol. The lowest BCUT2D eigenvalue weighted by Crippen LogP contribution is -2.08. The summed E-state index contributed by atoms with van der Waals surface area (Å²) < 4.78 is 56.1. The van der Waals surface area contributed by atoms with Crippen LogP contribution in [0.3, 0.4) is 0 Å². The van der Waals surface area contributed by atoms with Gasteiger partial charge in [0.1, 0.15) is 11.7 Å². The maximum Gasteiger partial charge on any atom is 0.419 e. The van der Waals surface area contributed by atoms with Crippen molar-refractivity contribution >= 4 is 11.6 Å². The molecule has 0 bridgehead atoms. The van der Waals surface area contributed by atoms with Crippen molar-refractivity contribution in [2.75, 3.05) is 0 Å². The molecule has 0 unspecified atom stereocenters. The van der Waals surface area contributed by atoms with Gasteiger partial charge in [-0.3, -0.25) is 0 Å². The Labute approximate surface area is 103 Å². The first-order chi connectivity index (χ1) is 8.43. The van der Waals surface area contributed by atoms with Crippen LogP contribution in [0.15, 0.2) is 22.6 Å². The average Bonchev–Trinajstić information content (AvgIpc) is 2.76. The zero-order valence-corrected chi connectivity index (χ0v) is 9.39. The highest BCUT2D eigenvalue weighted by atomic mass is 35.5. The van der Waals surface area contributed by atoms with Crippen molar-refractivity contribution in [3.05, 3.63) is 35.5 Å². The van der Waals surface area contributed by atoms with E-state index in [9.17, 15) is 17.6 Å². The van der Waals surface area contributed by atoms with Crippen LogP contribution in [0.5, 0.6) is 0 Å². The van der Waals surface area contributed by atoms with Gasteiger partial charge in [0, 0.05) is 0 Å². The lowest BCUT2D eigenvalue weighted by molar-refractivity contribution is -0.139. The molecule has 2 rings (SSSR count). The Morgan fingerprint density at radius 2 is 1.94 bits per heavy atom. The van der Waals surface area contributed by atoms with E-state index in [1.165, 1.54) is 0 Å². The van der Waals surface area contributed by atoms with Gasteiger partial charge in [0.05, 0.1) is 11.1 Å². The summed E-state index contributed by atoms with van der Waals surface area (Å²) in [4.78, 5) is 0. The van der Waals surface area contributed by atoms with Gasteiger partial charge in [-0.05, 0) is 12.1 Å². The summed E-state index contributed by atoms with van der Waals surface area (Å²) in [7, 11) is 0. The zero-order valence-electron chi connectivity index (χ0n) is 8.63. The molecule has 0 spiro atoms. The van der Waals surface area contributed by atoms with Crippen LogP contribution < -0.4 is 0 Å². The summed E-state index contributed by atoms with van der Waals surface area (Å²) in [6.07, 6.45) is -4.78. The zero-order chi connectivity index (χ0) is 13.3. The van der Waals surface area contributed by atoms with Gasteiger partial charge in [-0.25, -0.2) is 4.39 Å². The first-order valence-corrected chi connectivity index (χ1v) is 5.21. The number of aromatic nitrogens is 2. The first-order valence-electron chi connectivity index (χ1n) is 4.68. The Balaban J connectivity index is 2.52. The van der Waals surface area contributed by atoms with E-state index in [2.05, 4.69) is 10.2 Å². The molecule has 1 aromatic carbocycles. The third kappa shape index (κ3) is 2.31. The molecule has 0 fully saturated rings. The van der Waals surface area contributed by atoms with E-state index >= 15 is 0 Å². The molecule has 0 atom stereocenters. The van der Waals surface area contributed by atoms with Crippen molar-refractivity contribution in [2.45, 2.75) is 12.1 Å². The lowest BCUT2D eigenvalue weighted by atomic mass is 10.1. The predicted octanol–water partition coefficient (Wildman–Crippen LogP) is 3.63. The van der Waals surface area contributed by atoms with Crippen molar-refractivity contribution in [1.29, 1.82) is 0 Å². The van der Waals surface area contributed by atoms with Crippen molar-refractivity contribution in [1.82, 2.24) is 10.2 Å². The summed E-state index contributed by atoms with van der Waals surface area (Å²) in [5.41, 5.74) is -1.79. The van der Waals surface area contributed by atoms with Crippen LogP contribution in [0.25, 0.3) is 11.5 Å². The Bertz CT molecular complexity index is 567. The molecule has 1 aromatic heterocycles. The van der Waals surface area contributed by atoms with E-state index < -0.39 is 23.1 Å². The highest BCUT2D eigenvalue weighted by molar-refractivity contribution is 6.16. The summed E-state index contributed by atoms with van der Waals surface area (Å²) in [6, 6.07) is 2.82. The van der Waals surface area contributed by atoms with Crippen LogP contribution in [0.4, 0.5) is 17.6 Å². The smallest absolute Gasteiger partial charge is 0.419 e. The summed E-state index contributed by atoms with van der Waals surface area (Å²) in [5, 5.41) is 6.88. The van der Waals surface area contributed by atoms with Gasteiger partial charge in [0.15, 0.2) is 0 Å². The fraction of sp³-hybridized carbons (Fsp3) is 0.200. The van der Waals surface area contributed by atoms with Crippen LogP contribution >= 0.6 is 11.6 Å². The van der Waals surface area contributed by atoms with Crippen LogP contribution in [-0.2, 0) is 12.1 Å². The van der Waals surface area contributed by atoms with Crippen molar-refractivity contribution in [2.24, 2.45) is 0 Å². The molecule has 0 aliphatic rings. The van der Waals surface area contributed by atoms with E-state index in [0.29, 0.717) is 6.07 Å². The molecule has 0 saturated carbocycles. The number of hydrogen-bond donors (Lipinski definition) is 0. The van der Waals surface area contributed by atoms with E-state index in [0.717, 1.165) is 12.1 Å². The van der Waals surface area contributed by atoms with Gasteiger partial charge in [-0.2, -0.15) is 13.2 Å². The molecule has 96 valence electrons. The summed E-state index contributed by atoms with van der Waals surface area (Å²) in [6.45, 7) is 0. The maximum absolute atomic E-state index is 13.7. The van der Waals surface area contributed by atoms with E-state index in [-0.39, 0.29) is 17.7 Å². The first kappa shape index (κ1) is 12.8. The number of halogens is 5. The predicted molar refractivity (Wildman–Crippen MR) is 54.3 cm³/mol. The number of hydrogen-bond acceptors (Lipinski definition) is 3. The SMILES string of the molecule is Fc1c(-c2nnc(CCl)o2)cccc1C(F)(F)F. The number of alkyl halides is 4. The minimum Gasteiger partial charge on any atom is -0.419 e. The quantitative estimate of drug-likeness (QED) is 0.623. The van der Waals surface area contributed by atoms with Gasteiger partial charge >= 0.3 is 6.18 Å². The fourth-order valence-corrected chi connectivity index (χ4v) is 1.44. The second-order valence-electron chi connectivity index (χ2n) is 3.30. The molecule has 18 heavy (non-hydrogen) atoms. The van der Waals surface area contributed by atoms with E-state index in [1.807, 2.05) is 0 Å². The van der Waals surface area contributed by atoms with Gasteiger partial charge < -0.3 is 4.42 Å². The van der Waals surface area contributed by atoms with Crippen LogP contribution in [0.2, 0.25) is 0 Å². The number of benzene rings is 1. The van der Waals surface area contributed by atoms with Crippen LogP contribution in [-0.4, -0.2) is 10.2 Å². The molecule has 0 amide bonds. The van der Waals surface area contributed by atoms with Crippen LogP contribution in [0, 0.1) is 5.82 Å². The Morgan fingerprint density at radius 3 is 2.50 bits per heavy atom. The van der Waals surface area contributed by atoms with Crippen LogP contribution in [0.1, 0.15) is 11.5 Å². The Morgan fingerprint density at radius 1 is 1.22 bits per heavy atom. The molecule has 2 aromatic rings. The third-order valence-electron chi connectivity index (χ3n) is 2.12. The Kier molecular flexibility index (Phi) is 3.25. The topological polar surface area (TPSA) is 38.9 Å². The van der Waals surface area contributed by atoms with Crippen molar-refractivity contribution in [3.8, 4) is 11.5 Å². The van der Waals surface area contributed by atoms with Gasteiger partial charge in [-0.15, -0.1) is 21.8 Å². The molecule has 0 aliphatic heterocycles. The molecule has 0 saturated heterocycles. The third-order valence-corrected chi connectivity index (χ3v) is 2.34. The van der Waals surface area contributed by atoms with E-state index in [1.54, 1.807) is 0 Å². The van der Waals surface area contributed by atoms with Crippen molar-refractivity contribution in [3.63, 3.8) is 0 Å². The normalized spacial score (nSPS) is 11.8. The molecule has 1 heterocycles. The molecule has 8 heteroatoms. The molecule has 3 nitrogen and oxygen atoms in total. The minimum absolute atomic E-state index is 0.00322. The lowest BCUT2D eigenvalue weighted by Gasteiger charge is -2.08. The molecule has 0 N–H and O–H groups in total. The highest BCUT2D eigenvalue weighted by Crippen LogP contribution is 2.35. The number of rotatable bonds is 2. The molecule has 0 aliphatic carbocycles. The van der Waals surface area contributed by atoms with Gasteiger partial charge in [0.25, 0.3) is 5.89 Å². The standard InChI is InChI=1S/C10H5ClF4N2O/c11-4-7-16-17-9(18-7)5-2-1-3-6(8(5)12)10(13,14)15/h1-3H,4H2. The summed E-state index contributed by atoms with van der Waals surface area (Å²) in [5.74, 6) is -1.89. The molecular formula is C10H5ClF4N2O. The summed E-state index contributed by atoms with van der Waals surface area (Å²) >= 11 is 5.40. The van der Waals surface area contributed by atoms with Gasteiger partial charge in [0.2, 0.25) is 5.89 Å². The average molecular weight is 281 g/mol. The fourth-order valence-electron chi connectivity index (χ4n) is 1.33. The highest BCUT2D eigenvalue weighted by Gasteiger charge is 2.35. The van der Waals surface area contributed by atoms with E-state index in [4.69, 9.17) is 16.0 Å². The second kappa shape index (κ2) is 4.56. The molecule has 0 radical (unpaired) electrons. The maximum atomic E-state index is 13.7. The molecular weight excluding hydrogens is 276 g/mol. The Hall–Kier alpha value is -1.63. The minimum atomic E-state index is -4.78. The number of nitrogens with zero attached hydrogens (tertiary/aromatic N) is 2.